The van der Waals surface area contributed by atoms with Gasteiger partial charge in [-0.05, 0) is 24.5 Å². The van der Waals surface area contributed by atoms with Gasteiger partial charge in [0.05, 0.1) is 0 Å². The van der Waals surface area contributed by atoms with Gasteiger partial charge in [0.25, 0.3) is 0 Å². The summed E-state index contributed by atoms with van der Waals surface area (Å²) >= 11 is 0. The summed E-state index contributed by atoms with van der Waals surface area (Å²) in [5.41, 5.74) is 8.13. The van der Waals surface area contributed by atoms with Gasteiger partial charge in [-0.1, -0.05) is 6.07 Å². The molecule has 0 bridgehead atoms. The number of nitrogens with zero attached hydrogens (tertiary/aromatic N) is 1. The highest BCUT2D eigenvalue weighted by Crippen LogP contribution is 2.29. The average Bonchev–Trinajstić information content (AvgIpc) is 2.27. The maximum atomic E-state index is 5.52. The first-order chi connectivity index (χ1) is 7.31. The van der Waals surface area contributed by atoms with Gasteiger partial charge in [0, 0.05) is 31.9 Å². The first-order valence-electron chi connectivity index (χ1n) is 5.48. The van der Waals surface area contributed by atoms with E-state index in [1.165, 1.54) is 24.1 Å². The van der Waals surface area contributed by atoms with Crippen LogP contribution in [0.2, 0.25) is 0 Å². The van der Waals surface area contributed by atoms with Crippen molar-refractivity contribution in [1.29, 1.82) is 0 Å². The van der Waals surface area contributed by atoms with Crippen molar-refractivity contribution in [2.45, 2.75) is 12.8 Å². The molecule has 1 aromatic carbocycles. The highest BCUT2D eigenvalue weighted by molar-refractivity contribution is 5.58. The maximum Gasteiger partial charge on any atom is 0.121 e. The number of aryl methyl sites for hydroxylation is 1. The van der Waals surface area contributed by atoms with E-state index in [4.69, 9.17) is 10.5 Å². The summed E-state index contributed by atoms with van der Waals surface area (Å²) in [7, 11) is 2.13. The summed E-state index contributed by atoms with van der Waals surface area (Å²) in [5, 5.41) is 0. The van der Waals surface area contributed by atoms with Crippen molar-refractivity contribution in [3.8, 4) is 5.75 Å². The molecular formula is C12H18N2O. The third-order valence-corrected chi connectivity index (χ3v) is 2.79. The number of fused-ring (bicyclic) bond motifs is 1. The zero-order chi connectivity index (χ0) is 10.7. The van der Waals surface area contributed by atoms with E-state index in [1.807, 2.05) is 6.07 Å². The van der Waals surface area contributed by atoms with Crippen molar-refractivity contribution in [3.05, 3.63) is 23.8 Å². The van der Waals surface area contributed by atoms with Gasteiger partial charge in [-0.3, -0.25) is 0 Å². The second-order valence-corrected chi connectivity index (χ2v) is 3.95. The predicted octanol–water partition coefficient (Wildman–Crippen LogP) is 1.41. The summed E-state index contributed by atoms with van der Waals surface area (Å²) in [6, 6.07) is 6.31. The Labute approximate surface area is 90.8 Å². The molecular weight excluding hydrogens is 188 g/mol. The average molecular weight is 206 g/mol. The number of hydrogen-bond acceptors (Lipinski definition) is 3. The van der Waals surface area contributed by atoms with Crippen molar-refractivity contribution in [1.82, 2.24) is 0 Å². The molecule has 0 amide bonds. The monoisotopic (exact) mass is 206 g/mol. The summed E-state index contributed by atoms with van der Waals surface area (Å²) in [4.78, 5) is 2.29. The summed E-state index contributed by atoms with van der Waals surface area (Å²) in [6.45, 7) is 2.28. The SMILES string of the molecule is CN1CCCc2ccc(OCCN)cc21. The molecule has 3 nitrogen and oxygen atoms in total. The summed E-state index contributed by atoms with van der Waals surface area (Å²) in [6.07, 6.45) is 2.42. The van der Waals surface area contributed by atoms with Gasteiger partial charge < -0.3 is 15.4 Å². The third-order valence-electron chi connectivity index (χ3n) is 2.79. The van der Waals surface area contributed by atoms with E-state index in [1.54, 1.807) is 0 Å². The molecule has 1 aliphatic heterocycles. The van der Waals surface area contributed by atoms with Crippen molar-refractivity contribution in [2.75, 3.05) is 31.6 Å². The van der Waals surface area contributed by atoms with Gasteiger partial charge >= 0.3 is 0 Å². The standard InChI is InChI=1S/C12H18N2O/c1-14-7-2-3-10-4-5-11(9-12(10)14)15-8-6-13/h4-5,9H,2-3,6-8,13H2,1H3. The minimum Gasteiger partial charge on any atom is -0.492 e. The van der Waals surface area contributed by atoms with E-state index in [0.29, 0.717) is 13.2 Å². The first-order valence-corrected chi connectivity index (χ1v) is 5.48. The van der Waals surface area contributed by atoms with Crippen LogP contribution in [0.3, 0.4) is 0 Å². The number of ether oxygens (including phenoxy) is 1. The van der Waals surface area contributed by atoms with E-state index < -0.39 is 0 Å². The van der Waals surface area contributed by atoms with Crippen LogP contribution in [0.5, 0.6) is 5.75 Å². The molecule has 0 fully saturated rings. The highest BCUT2D eigenvalue weighted by Gasteiger charge is 2.13. The van der Waals surface area contributed by atoms with Crippen LogP contribution in [0.25, 0.3) is 0 Å². The lowest BCUT2D eigenvalue weighted by atomic mass is 10.0. The quantitative estimate of drug-likeness (QED) is 0.812. The van der Waals surface area contributed by atoms with Crippen LogP contribution in [0, 0.1) is 0 Å². The fraction of sp³-hybridized carbons (Fsp3) is 0.500. The molecule has 1 heterocycles. The van der Waals surface area contributed by atoms with Gasteiger partial charge in [0.2, 0.25) is 0 Å². The number of anilines is 1. The molecule has 1 aromatic rings. The Hall–Kier alpha value is -1.22. The molecule has 0 unspecified atom stereocenters. The lowest BCUT2D eigenvalue weighted by Crippen LogP contribution is -2.24. The lowest BCUT2D eigenvalue weighted by Gasteiger charge is -2.27. The van der Waals surface area contributed by atoms with Gasteiger partial charge in [-0.2, -0.15) is 0 Å². The topological polar surface area (TPSA) is 38.5 Å². The van der Waals surface area contributed by atoms with E-state index >= 15 is 0 Å². The molecule has 0 atom stereocenters. The van der Waals surface area contributed by atoms with Gasteiger partial charge in [-0.25, -0.2) is 0 Å². The number of hydrogen-bond donors (Lipinski definition) is 1. The van der Waals surface area contributed by atoms with Crippen LogP contribution in [0.1, 0.15) is 12.0 Å². The van der Waals surface area contributed by atoms with Crippen LogP contribution in [-0.2, 0) is 6.42 Å². The van der Waals surface area contributed by atoms with E-state index in [-0.39, 0.29) is 0 Å². The minimum atomic E-state index is 0.562. The summed E-state index contributed by atoms with van der Waals surface area (Å²) in [5.74, 6) is 0.924. The summed E-state index contributed by atoms with van der Waals surface area (Å²) < 4.78 is 5.52. The highest BCUT2D eigenvalue weighted by atomic mass is 16.5. The molecule has 0 saturated carbocycles. The van der Waals surface area contributed by atoms with Gasteiger partial charge in [0.1, 0.15) is 12.4 Å². The Morgan fingerprint density at radius 1 is 1.47 bits per heavy atom. The second kappa shape index (κ2) is 4.53. The smallest absolute Gasteiger partial charge is 0.121 e. The van der Waals surface area contributed by atoms with Crippen LogP contribution in [0.15, 0.2) is 18.2 Å². The van der Waals surface area contributed by atoms with E-state index in [9.17, 15) is 0 Å². The van der Waals surface area contributed by atoms with Gasteiger partial charge in [-0.15, -0.1) is 0 Å². The molecule has 0 radical (unpaired) electrons. The number of rotatable bonds is 3. The van der Waals surface area contributed by atoms with Crippen LogP contribution >= 0.6 is 0 Å². The van der Waals surface area contributed by atoms with Crippen molar-refractivity contribution in [2.24, 2.45) is 5.73 Å². The molecule has 1 aliphatic rings. The molecule has 15 heavy (non-hydrogen) atoms. The Morgan fingerprint density at radius 3 is 3.13 bits per heavy atom. The normalized spacial score (nSPS) is 14.9. The molecule has 0 saturated heterocycles. The predicted molar refractivity (Wildman–Crippen MR) is 62.6 cm³/mol. The molecule has 0 aliphatic carbocycles. The Balaban J connectivity index is 2.19. The molecule has 2 N–H and O–H groups in total. The lowest BCUT2D eigenvalue weighted by molar-refractivity contribution is 0.328. The Kier molecular flexibility index (Phi) is 3.11. The number of benzene rings is 1. The maximum absolute atomic E-state index is 5.52. The first kappa shape index (κ1) is 10.3. The van der Waals surface area contributed by atoms with E-state index in [0.717, 1.165) is 12.3 Å². The Morgan fingerprint density at radius 2 is 2.33 bits per heavy atom. The third kappa shape index (κ3) is 2.23. The minimum absolute atomic E-state index is 0.562. The van der Waals surface area contributed by atoms with Crippen LogP contribution in [0.4, 0.5) is 5.69 Å². The van der Waals surface area contributed by atoms with Crippen LogP contribution < -0.4 is 15.4 Å². The molecule has 82 valence electrons. The molecule has 0 spiro atoms. The number of nitrogens with two attached hydrogens (primary N) is 1. The fourth-order valence-corrected chi connectivity index (χ4v) is 2.00. The molecule has 0 aromatic heterocycles. The molecule has 2 rings (SSSR count). The van der Waals surface area contributed by atoms with Crippen molar-refractivity contribution in [3.63, 3.8) is 0 Å². The largest absolute Gasteiger partial charge is 0.492 e. The second-order valence-electron chi connectivity index (χ2n) is 3.95. The van der Waals surface area contributed by atoms with Crippen molar-refractivity contribution >= 4 is 5.69 Å². The zero-order valence-electron chi connectivity index (χ0n) is 9.20. The fourth-order valence-electron chi connectivity index (χ4n) is 2.00. The van der Waals surface area contributed by atoms with E-state index in [2.05, 4.69) is 24.1 Å². The Bertz CT molecular complexity index is 338. The van der Waals surface area contributed by atoms with Gasteiger partial charge in [0.15, 0.2) is 0 Å². The zero-order valence-corrected chi connectivity index (χ0v) is 9.20. The molecule has 3 heteroatoms. The van der Waals surface area contributed by atoms with Crippen molar-refractivity contribution < 1.29 is 4.74 Å². The van der Waals surface area contributed by atoms with Crippen LogP contribution in [-0.4, -0.2) is 26.7 Å².